The van der Waals surface area contributed by atoms with E-state index < -0.39 is 7.92 Å². The summed E-state index contributed by atoms with van der Waals surface area (Å²) in [6.07, 6.45) is 3.22. The van der Waals surface area contributed by atoms with Crippen molar-refractivity contribution in [3.05, 3.63) is 42.6 Å². The van der Waals surface area contributed by atoms with Crippen LogP contribution in [0.1, 0.15) is 40.5 Å². The Morgan fingerprint density at radius 1 is 1.00 bits per heavy atom. The number of para-hydroxylation sites is 1. The van der Waals surface area contributed by atoms with Crippen LogP contribution in [0.4, 0.5) is 0 Å². The molecule has 0 spiro atoms. The molecule has 0 aliphatic carbocycles. The number of aromatic nitrogens is 2. The largest absolute Gasteiger partial charge is 0.300 e. The molecule has 0 bridgehead atoms. The van der Waals surface area contributed by atoms with Gasteiger partial charge in [-0.1, -0.05) is 45.9 Å². The SMILES string of the molecule is CC1(C)CC(=O)CC(C)(C)P1c1ccnn1-c1ccccc1. The Morgan fingerprint density at radius 2 is 1.59 bits per heavy atom. The zero-order valence-corrected chi connectivity index (χ0v) is 14.6. The van der Waals surface area contributed by atoms with Crippen LogP contribution in [0.2, 0.25) is 0 Å². The number of hydrogen-bond acceptors (Lipinski definition) is 2. The van der Waals surface area contributed by atoms with Crippen molar-refractivity contribution in [2.24, 2.45) is 0 Å². The molecular weight excluding hydrogens is 291 g/mol. The molecule has 3 nitrogen and oxygen atoms in total. The fourth-order valence-electron chi connectivity index (χ4n) is 3.86. The maximum atomic E-state index is 12.2. The second-order valence-corrected chi connectivity index (χ2v) is 10.8. The van der Waals surface area contributed by atoms with E-state index in [9.17, 15) is 4.79 Å². The minimum Gasteiger partial charge on any atom is -0.300 e. The number of ketones is 1. The Hall–Kier alpha value is -1.47. The number of hydrogen-bond donors (Lipinski definition) is 0. The number of Topliss-reactive ketones (excluding diaryl/α,β-unsaturated/α-hetero) is 1. The smallest absolute Gasteiger partial charge is 0.134 e. The van der Waals surface area contributed by atoms with Crippen LogP contribution in [0, 0.1) is 0 Å². The van der Waals surface area contributed by atoms with E-state index in [0.29, 0.717) is 18.6 Å². The van der Waals surface area contributed by atoms with Crippen LogP contribution >= 0.6 is 7.92 Å². The highest BCUT2D eigenvalue weighted by molar-refractivity contribution is 7.68. The first-order valence-corrected chi connectivity index (χ1v) is 9.07. The molecule has 116 valence electrons. The average molecular weight is 314 g/mol. The van der Waals surface area contributed by atoms with Gasteiger partial charge in [0.1, 0.15) is 5.78 Å². The molecule has 3 rings (SSSR count). The van der Waals surface area contributed by atoms with Gasteiger partial charge in [0.25, 0.3) is 0 Å². The third-order valence-electron chi connectivity index (χ3n) is 4.32. The molecule has 1 aliphatic rings. The summed E-state index contributed by atoms with van der Waals surface area (Å²) in [5, 5.41) is 4.56. The molecular formula is C18H23N2OP. The van der Waals surface area contributed by atoms with Crippen molar-refractivity contribution in [1.29, 1.82) is 0 Å². The van der Waals surface area contributed by atoms with Crippen LogP contribution in [0.25, 0.3) is 5.69 Å². The summed E-state index contributed by atoms with van der Waals surface area (Å²) in [6.45, 7) is 8.94. The van der Waals surface area contributed by atoms with Gasteiger partial charge in [-0.3, -0.25) is 4.79 Å². The van der Waals surface area contributed by atoms with Crippen LogP contribution in [0.5, 0.6) is 0 Å². The van der Waals surface area contributed by atoms with E-state index in [1.54, 1.807) is 0 Å². The lowest BCUT2D eigenvalue weighted by Crippen LogP contribution is -2.44. The van der Waals surface area contributed by atoms with E-state index in [2.05, 4.69) is 55.7 Å². The van der Waals surface area contributed by atoms with Gasteiger partial charge in [-0.15, -0.1) is 0 Å². The second-order valence-electron chi connectivity index (χ2n) is 7.29. The average Bonchev–Trinajstić information content (AvgIpc) is 2.85. The third-order valence-corrected chi connectivity index (χ3v) is 7.86. The predicted octanol–water partition coefficient (Wildman–Crippen LogP) is 3.90. The number of benzene rings is 1. The van der Waals surface area contributed by atoms with Crippen molar-refractivity contribution in [2.75, 3.05) is 0 Å². The summed E-state index contributed by atoms with van der Waals surface area (Å²) in [5.74, 6) is 0.388. The van der Waals surface area contributed by atoms with Gasteiger partial charge in [0.2, 0.25) is 0 Å². The first kappa shape index (κ1) is 15.4. The van der Waals surface area contributed by atoms with Gasteiger partial charge in [0.05, 0.1) is 17.3 Å². The Bertz CT molecular complexity index is 668. The third kappa shape index (κ3) is 2.63. The normalized spacial score (nSPS) is 21.0. The zero-order valence-electron chi connectivity index (χ0n) is 13.7. The number of rotatable bonds is 2. The number of carbonyl (C=O) groups is 1. The Kier molecular flexibility index (Phi) is 3.72. The highest BCUT2D eigenvalue weighted by atomic mass is 31.1. The molecule has 0 saturated carbocycles. The van der Waals surface area contributed by atoms with E-state index >= 15 is 0 Å². The van der Waals surface area contributed by atoms with Crippen molar-refractivity contribution in [3.63, 3.8) is 0 Å². The molecule has 1 aromatic heterocycles. The van der Waals surface area contributed by atoms with Crippen molar-refractivity contribution >= 4 is 19.1 Å². The van der Waals surface area contributed by atoms with Crippen LogP contribution in [0.15, 0.2) is 42.6 Å². The van der Waals surface area contributed by atoms with Gasteiger partial charge in [-0.2, -0.15) is 5.10 Å². The molecule has 2 aromatic rings. The van der Waals surface area contributed by atoms with Gasteiger partial charge in [0, 0.05) is 12.8 Å². The van der Waals surface area contributed by atoms with Gasteiger partial charge in [-0.05, 0) is 36.4 Å². The summed E-state index contributed by atoms with van der Waals surface area (Å²) in [4.78, 5) is 12.2. The lowest BCUT2D eigenvalue weighted by atomic mass is 9.97. The van der Waals surface area contributed by atoms with Gasteiger partial charge >= 0.3 is 0 Å². The highest BCUT2D eigenvalue weighted by Gasteiger charge is 2.48. The highest BCUT2D eigenvalue weighted by Crippen LogP contribution is 2.64. The minimum absolute atomic E-state index is 0.000725. The molecule has 0 unspecified atom stereocenters. The molecule has 1 aliphatic heterocycles. The van der Waals surface area contributed by atoms with Crippen LogP contribution < -0.4 is 5.44 Å². The topological polar surface area (TPSA) is 34.9 Å². The predicted molar refractivity (Wildman–Crippen MR) is 92.5 cm³/mol. The number of nitrogens with zero attached hydrogens (tertiary/aromatic N) is 2. The summed E-state index contributed by atoms with van der Waals surface area (Å²) in [7, 11) is -0.508. The van der Waals surface area contributed by atoms with Gasteiger partial charge in [-0.25, -0.2) is 4.68 Å². The zero-order chi connectivity index (χ0) is 16.0. The Balaban J connectivity index is 2.11. The first-order chi connectivity index (χ1) is 10.3. The molecule has 2 heterocycles. The minimum atomic E-state index is -0.508. The Morgan fingerprint density at radius 3 is 2.18 bits per heavy atom. The first-order valence-electron chi connectivity index (χ1n) is 7.73. The van der Waals surface area contributed by atoms with E-state index in [-0.39, 0.29) is 10.3 Å². The van der Waals surface area contributed by atoms with Gasteiger partial charge in [0.15, 0.2) is 0 Å². The standard InChI is InChI=1S/C18H23N2OP/c1-17(2)12-15(21)13-18(3,4)22(17)16-10-11-19-20(16)14-8-6-5-7-9-14/h5-11H,12-13H2,1-4H3. The van der Waals surface area contributed by atoms with E-state index in [1.165, 1.54) is 5.44 Å². The summed E-state index contributed by atoms with van der Waals surface area (Å²) >= 11 is 0. The maximum absolute atomic E-state index is 12.2. The number of carbonyl (C=O) groups excluding carboxylic acids is 1. The van der Waals surface area contributed by atoms with E-state index in [1.807, 2.05) is 24.4 Å². The molecule has 0 N–H and O–H groups in total. The molecule has 1 saturated heterocycles. The summed E-state index contributed by atoms with van der Waals surface area (Å²) in [5.41, 5.74) is 2.36. The monoisotopic (exact) mass is 314 g/mol. The van der Waals surface area contributed by atoms with Crippen molar-refractivity contribution in [1.82, 2.24) is 9.78 Å². The van der Waals surface area contributed by atoms with Crippen molar-refractivity contribution in [3.8, 4) is 5.69 Å². The lowest BCUT2D eigenvalue weighted by Gasteiger charge is -2.48. The lowest BCUT2D eigenvalue weighted by molar-refractivity contribution is -0.120. The fraction of sp³-hybridized carbons (Fsp3) is 0.444. The fourth-order valence-corrected chi connectivity index (χ4v) is 7.98. The molecule has 1 fully saturated rings. The summed E-state index contributed by atoms with van der Waals surface area (Å²) < 4.78 is 2.06. The molecule has 4 heteroatoms. The van der Waals surface area contributed by atoms with Crippen LogP contribution in [-0.2, 0) is 4.79 Å². The van der Waals surface area contributed by atoms with Crippen molar-refractivity contribution in [2.45, 2.75) is 50.8 Å². The van der Waals surface area contributed by atoms with E-state index in [4.69, 9.17) is 0 Å². The maximum Gasteiger partial charge on any atom is 0.134 e. The van der Waals surface area contributed by atoms with Crippen LogP contribution in [0.3, 0.4) is 0 Å². The quantitative estimate of drug-likeness (QED) is 0.788. The molecule has 22 heavy (non-hydrogen) atoms. The molecule has 0 atom stereocenters. The molecule has 1 aromatic carbocycles. The van der Waals surface area contributed by atoms with Crippen molar-refractivity contribution < 1.29 is 4.79 Å². The second kappa shape index (κ2) is 5.31. The van der Waals surface area contributed by atoms with Gasteiger partial charge < -0.3 is 0 Å². The molecule has 0 radical (unpaired) electrons. The van der Waals surface area contributed by atoms with Crippen LogP contribution in [-0.4, -0.2) is 25.9 Å². The molecule has 0 amide bonds. The summed E-state index contributed by atoms with van der Waals surface area (Å²) in [6, 6.07) is 12.4. The Labute approximate surface area is 133 Å². The van der Waals surface area contributed by atoms with E-state index in [0.717, 1.165) is 5.69 Å².